The van der Waals surface area contributed by atoms with Crippen molar-refractivity contribution < 1.29 is 24.2 Å². The highest BCUT2D eigenvalue weighted by atomic mass is 16.5. The van der Waals surface area contributed by atoms with Gasteiger partial charge in [-0.15, -0.1) is 0 Å². The van der Waals surface area contributed by atoms with E-state index >= 15 is 0 Å². The van der Waals surface area contributed by atoms with Crippen LogP contribution in [0, 0.1) is 11.8 Å². The van der Waals surface area contributed by atoms with Crippen LogP contribution in [0.2, 0.25) is 0 Å². The summed E-state index contributed by atoms with van der Waals surface area (Å²) in [6.07, 6.45) is -0.184. The molecule has 7 heteroatoms. The lowest BCUT2D eigenvalue weighted by Crippen LogP contribution is -2.54. The summed E-state index contributed by atoms with van der Waals surface area (Å²) in [5, 5.41) is 14.7. The number of nitrogens with one attached hydrogen (secondary N) is 2. The molecule has 2 aromatic carbocycles. The number of carbonyl (C=O) groups is 3. The van der Waals surface area contributed by atoms with Gasteiger partial charge >= 0.3 is 12.1 Å². The van der Waals surface area contributed by atoms with Crippen molar-refractivity contribution in [3.05, 3.63) is 59.7 Å². The first-order valence-corrected chi connectivity index (χ1v) is 11.9. The molecule has 0 fully saturated rings. The fourth-order valence-electron chi connectivity index (χ4n) is 4.38. The van der Waals surface area contributed by atoms with Crippen LogP contribution in [0.1, 0.15) is 57.6 Å². The third-order valence-electron chi connectivity index (χ3n) is 6.64. The van der Waals surface area contributed by atoms with E-state index in [0.717, 1.165) is 22.3 Å². The molecule has 0 saturated carbocycles. The predicted octanol–water partition coefficient (Wildman–Crippen LogP) is 4.56. The van der Waals surface area contributed by atoms with Gasteiger partial charge in [-0.1, -0.05) is 82.6 Å². The molecular formula is C27H34N2O5. The first-order chi connectivity index (χ1) is 16.2. The summed E-state index contributed by atoms with van der Waals surface area (Å²) in [6, 6.07) is 14.8. The first-order valence-electron chi connectivity index (χ1n) is 11.9. The van der Waals surface area contributed by atoms with Crippen LogP contribution >= 0.6 is 0 Å². The number of aliphatic carboxylic acids is 1. The van der Waals surface area contributed by atoms with Gasteiger partial charge in [0.2, 0.25) is 5.91 Å². The molecule has 0 saturated heterocycles. The fourth-order valence-corrected chi connectivity index (χ4v) is 4.38. The normalized spacial score (nSPS) is 15.1. The number of benzene rings is 2. The Hall–Kier alpha value is -3.35. The van der Waals surface area contributed by atoms with Crippen molar-refractivity contribution in [2.45, 2.75) is 58.5 Å². The van der Waals surface area contributed by atoms with Crippen molar-refractivity contribution in [3.8, 4) is 11.1 Å². The minimum absolute atomic E-state index is 0.0629. The zero-order valence-electron chi connectivity index (χ0n) is 20.2. The van der Waals surface area contributed by atoms with Crippen molar-refractivity contribution in [1.29, 1.82) is 0 Å². The Balaban J connectivity index is 1.68. The van der Waals surface area contributed by atoms with Crippen LogP contribution in [0.3, 0.4) is 0 Å². The molecule has 3 N–H and O–H groups in total. The highest BCUT2D eigenvalue weighted by Crippen LogP contribution is 2.44. The van der Waals surface area contributed by atoms with Crippen LogP contribution in [-0.2, 0) is 14.3 Å². The Labute approximate surface area is 200 Å². The van der Waals surface area contributed by atoms with E-state index in [1.54, 1.807) is 0 Å². The maximum atomic E-state index is 13.0. The third-order valence-corrected chi connectivity index (χ3v) is 6.64. The van der Waals surface area contributed by atoms with Crippen molar-refractivity contribution in [2.24, 2.45) is 11.8 Å². The molecule has 3 rings (SSSR count). The summed E-state index contributed by atoms with van der Waals surface area (Å²) in [6.45, 7) is 7.66. The van der Waals surface area contributed by atoms with Gasteiger partial charge in [-0.25, -0.2) is 4.79 Å². The molecule has 182 valence electrons. The van der Waals surface area contributed by atoms with Crippen LogP contribution in [0.5, 0.6) is 0 Å². The molecule has 2 amide bonds. The van der Waals surface area contributed by atoms with Crippen molar-refractivity contribution in [2.75, 3.05) is 6.61 Å². The molecule has 7 nitrogen and oxygen atoms in total. The molecule has 2 unspecified atom stereocenters. The number of amides is 2. The summed E-state index contributed by atoms with van der Waals surface area (Å²) in [4.78, 5) is 36.9. The molecule has 1 aliphatic rings. The van der Waals surface area contributed by atoms with E-state index in [9.17, 15) is 14.4 Å². The van der Waals surface area contributed by atoms with Gasteiger partial charge in [0.25, 0.3) is 0 Å². The maximum absolute atomic E-state index is 13.0. The fraction of sp³-hybridized carbons (Fsp3) is 0.444. The molecule has 0 bridgehead atoms. The maximum Gasteiger partial charge on any atom is 0.407 e. The van der Waals surface area contributed by atoms with Crippen molar-refractivity contribution >= 4 is 18.0 Å². The molecule has 3 atom stereocenters. The van der Waals surface area contributed by atoms with E-state index < -0.39 is 30.1 Å². The zero-order chi connectivity index (χ0) is 24.8. The minimum atomic E-state index is -0.983. The SMILES string of the molecule is CCC(C)C(NC(=O)OCC1c2ccccc2-c2ccccc21)C(=O)N[C@@H](CC(=O)O)C(C)C. The van der Waals surface area contributed by atoms with Gasteiger partial charge in [-0.05, 0) is 34.1 Å². The second-order valence-electron chi connectivity index (χ2n) is 9.29. The second-order valence-corrected chi connectivity index (χ2v) is 9.29. The van der Waals surface area contributed by atoms with Crippen LogP contribution in [-0.4, -0.2) is 41.8 Å². The summed E-state index contributed by atoms with van der Waals surface area (Å²) in [5.41, 5.74) is 4.51. The molecule has 0 aliphatic heterocycles. The average molecular weight is 467 g/mol. The lowest BCUT2D eigenvalue weighted by molar-refractivity contribution is -0.138. The van der Waals surface area contributed by atoms with Crippen LogP contribution in [0.25, 0.3) is 11.1 Å². The number of rotatable bonds is 10. The highest BCUT2D eigenvalue weighted by Gasteiger charge is 2.32. The van der Waals surface area contributed by atoms with Crippen LogP contribution in [0.15, 0.2) is 48.5 Å². The topological polar surface area (TPSA) is 105 Å². The Morgan fingerprint density at radius 3 is 2.00 bits per heavy atom. The van der Waals surface area contributed by atoms with Gasteiger partial charge in [0.05, 0.1) is 6.42 Å². The lowest BCUT2D eigenvalue weighted by atomic mass is 9.96. The van der Waals surface area contributed by atoms with Crippen molar-refractivity contribution in [3.63, 3.8) is 0 Å². The molecule has 0 spiro atoms. The Kier molecular flexibility index (Phi) is 8.31. The number of carboxylic acids is 1. The van der Waals surface area contributed by atoms with E-state index in [2.05, 4.69) is 22.8 Å². The van der Waals surface area contributed by atoms with Crippen LogP contribution in [0.4, 0.5) is 4.79 Å². The Bertz CT molecular complexity index is 990. The average Bonchev–Trinajstić information content (AvgIpc) is 3.13. The number of hydrogen-bond acceptors (Lipinski definition) is 4. The standard InChI is InChI=1S/C27H34N2O5/c1-5-17(4)25(26(32)28-23(16(2)3)14-24(30)31)29-27(33)34-15-22-20-12-8-6-10-18(20)19-11-7-9-13-21(19)22/h6-13,16-17,22-23,25H,5,14-15H2,1-4H3,(H,28,32)(H,29,33)(H,30,31)/t17?,23-,25?/m0/s1. The van der Waals surface area contributed by atoms with E-state index in [0.29, 0.717) is 6.42 Å². The predicted molar refractivity (Wildman–Crippen MR) is 130 cm³/mol. The molecule has 1 aliphatic carbocycles. The number of ether oxygens (including phenoxy) is 1. The van der Waals surface area contributed by atoms with E-state index in [-0.39, 0.29) is 30.8 Å². The lowest BCUT2D eigenvalue weighted by Gasteiger charge is -2.27. The van der Waals surface area contributed by atoms with Gasteiger partial charge in [0.15, 0.2) is 0 Å². The Morgan fingerprint density at radius 1 is 0.941 bits per heavy atom. The zero-order valence-corrected chi connectivity index (χ0v) is 20.2. The molecule has 0 aromatic heterocycles. The van der Waals surface area contributed by atoms with Crippen molar-refractivity contribution in [1.82, 2.24) is 10.6 Å². The molecule has 0 radical (unpaired) electrons. The molecule has 34 heavy (non-hydrogen) atoms. The molecular weight excluding hydrogens is 432 g/mol. The summed E-state index contributed by atoms with van der Waals surface area (Å²) in [5.74, 6) is -1.67. The van der Waals surface area contributed by atoms with Gasteiger partial charge < -0.3 is 20.5 Å². The number of hydrogen-bond donors (Lipinski definition) is 3. The number of fused-ring (bicyclic) bond motifs is 3. The summed E-state index contributed by atoms with van der Waals surface area (Å²) in [7, 11) is 0. The quantitative estimate of drug-likeness (QED) is 0.476. The Morgan fingerprint density at radius 2 is 1.50 bits per heavy atom. The largest absolute Gasteiger partial charge is 0.481 e. The van der Waals surface area contributed by atoms with E-state index in [1.165, 1.54) is 0 Å². The van der Waals surface area contributed by atoms with Gasteiger partial charge in [-0.3, -0.25) is 9.59 Å². The first kappa shape index (κ1) is 25.3. The number of carboxylic acid groups (broad SMARTS) is 1. The number of carbonyl (C=O) groups excluding carboxylic acids is 2. The molecule has 2 aromatic rings. The van der Waals surface area contributed by atoms with Crippen LogP contribution < -0.4 is 10.6 Å². The second kappa shape index (κ2) is 11.2. The van der Waals surface area contributed by atoms with Gasteiger partial charge in [0.1, 0.15) is 12.6 Å². The number of alkyl carbamates (subject to hydrolysis) is 1. The highest BCUT2D eigenvalue weighted by molar-refractivity contribution is 5.86. The summed E-state index contributed by atoms with van der Waals surface area (Å²) >= 11 is 0. The monoisotopic (exact) mass is 466 g/mol. The minimum Gasteiger partial charge on any atom is -0.481 e. The molecule has 0 heterocycles. The summed E-state index contributed by atoms with van der Waals surface area (Å²) < 4.78 is 5.61. The third kappa shape index (κ3) is 5.76. The smallest absolute Gasteiger partial charge is 0.407 e. The van der Waals surface area contributed by atoms with E-state index in [1.807, 2.05) is 64.1 Å². The van der Waals surface area contributed by atoms with Gasteiger partial charge in [0, 0.05) is 12.0 Å². The van der Waals surface area contributed by atoms with E-state index in [4.69, 9.17) is 9.84 Å². The van der Waals surface area contributed by atoms with Gasteiger partial charge in [-0.2, -0.15) is 0 Å².